The second-order valence-corrected chi connectivity index (χ2v) is 4.79. The molecule has 0 bridgehead atoms. The number of aromatic nitrogens is 1. The molecule has 5 nitrogen and oxygen atoms in total. The SMILES string of the molecule is CCC(CC)C(O)CN1C(=O)c2ccncc2C1=O. The third-order valence-corrected chi connectivity index (χ3v) is 3.73. The van der Waals surface area contributed by atoms with Crippen LogP contribution in [0.15, 0.2) is 18.5 Å². The first-order valence-electron chi connectivity index (χ1n) is 6.58. The van der Waals surface area contributed by atoms with Crippen LogP contribution in [0.3, 0.4) is 0 Å². The van der Waals surface area contributed by atoms with Gasteiger partial charge in [0.2, 0.25) is 0 Å². The minimum atomic E-state index is -0.676. The summed E-state index contributed by atoms with van der Waals surface area (Å²) in [5.41, 5.74) is 0.695. The minimum absolute atomic E-state index is 0.0543. The Balaban J connectivity index is 2.16. The molecule has 5 heteroatoms. The van der Waals surface area contributed by atoms with Crippen molar-refractivity contribution >= 4 is 11.8 Å². The van der Waals surface area contributed by atoms with Gasteiger partial charge in [-0.25, -0.2) is 0 Å². The number of β-amino-alcohol motifs (C(OH)–C–C–N with tert-alkyl or cyclic N) is 1. The second-order valence-electron chi connectivity index (χ2n) is 4.79. The molecular weight excluding hydrogens is 244 g/mol. The van der Waals surface area contributed by atoms with Crippen LogP contribution >= 0.6 is 0 Å². The maximum Gasteiger partial charge on any atom is 0.263 e. The Labute approximate surface area is 112 Å². The molecule has 0 fully saturated rings. The molecular formula is C14H18N2O3. The van der Waals surface area contributed by atoms with E-state index in [1.54, 1.807) is 6.07 Å². The zero-order valence-electron chi connectivity index (χ0n) is 11.2. The lowest BCUT2D eigenvalue weighted by molar-refractivity contribution is 0.0418. The monoisotopic (exact) mass is 262 g/mol. The fraction of sp³-hybridized carbons (Fsp3) is 0.500. The van der Waals surface area contributed by atoms with Crippen LogP contribution in [0.1, 0.15) is 47.4 Å². The van der Waals surface area contributed by atoms with Crippen molar-refractivity contribution in [3.05, 3.63) is 29.6 Å². The number of pyridine rings is 1. The topological polar surface area (TPSA) is 70.5 Å². The van der Waals surface area contributed by atoms with Gasteiger partial charge in [0.05, 0.1) is 23.8 Å². The Morgan fingerprint density at radius 3 is 2.42 bits per heavy atom. The van der Waals surface area contributed by atoms with Crippen LogP contribution in [-0.4, -0.2) is 39.5 Å². The predicted octanol–water partition coefficient (Wildman–Crippen LogP) is 1.47. The van der Waals surface area contributed by atoms with Crippen molar-refractivity contribution in [2.75, 3.05) is 6.54 Å². The number of carbonyl (C=O) groups is 2. The van der Waals surface area contributed by atoms with Crippen LogP contribution in [0.4, 0.5) is 0 Å². The number of fused-ring (bicyclic) bond motifs is 1. The summed E-state index contributed by atoms with van der Waals surface area (Å²) >= 11 is 0. The third kappa shape index (κ3) is 2.38. The quantitative estimate of drug-likeness (QED) is 0.816. The van der Waals surface area contributed by atoms with E-state index in [9.17, 15) is 14.7 Å². The van der Waals surface area contributed by atoms with Gasteiger partial charge in [-0.1, -0.05) is 26.7 Å². The Hall–Kier alpha value is -1.75. The maximum absolute atomic E-state index is 12.1. The molecule has 0 radical (unpaired) electrons. The van der Waals surface area contributed by atoms with E-state index in [1.165, 1.54) is 12.4 Å². The molecule has 0 aromatic carbocycles. The number of nitrogens with zero attached hydrogens (tertiary/aromatic N) is 2. The minimum Gasteiger partial charge on any atom is -0.391 e. The van der Waals surface area contributed by atoms with Crippen LogP contribution in [0.2, 0.25) is 0 Å². The number of rotatable bonds is 5. The number of aliphatic hydroxyl groups is 1. The zero-order chi connectivity index (χ0) is 14.0. The maximum atomic E-state index is 12.1. The van der Waals surface area contributed by atoms with Gasteiger partial charge in [-0.15, -0.1) is 0 Å². The molecule has 2 heterocycles. The fourth-order valence-corrected chi connectivity index (χ4v) is 2.47. The van der Waals surface area contributed by atoms with Crippen molar-refractivity contribution in [3.8, 4) is 0 Å². The van der Waals surface area contributed by atoms with Crippen LogP contribution in [0.5, 0.6) is 0 Å². The van der Waals surface area contributed by atoms with E-state index in [0.717, 1.165) is 17.7 Å². The van der Waals surface area contributed by atoms with Gasteiger partial charge in [-0.2, -0.15) is 0 Å². The van der Waals surface area contributed by atoms with Gasteiger partial charge < -0.3 is 5.11 Å². The van der Waals surface area contributed by atoms with Crippen molar-refractivity contribution in [2.24, 2.45) is 5.92 Å². The fourth-order valence-electron chi connectivity index (χ4n) is 2.47. The van der Waals surface area contributed by atoms with Crippen LogP contribution in [-0.2, 0) is 0 Å². The van der Waals surface area contributed by atoms with Crippen molar-refractivity contribution < 1.29 is 14.7 Å². The summed E-state index contributed by atoms with van der Waals surface area (Å²) in [6.07, 6.45) is 3.86. The molecule has 1 unspecified atom stereocenters. The van der Waals surface area contributed by atoms with Crippen molar-refractivity contribution in [2.45, 2.75) is 32.8 Å². The van der Waals surface area contributed by atoms with Gasteiger partial charge in [-0.3, -0.25) is 19.5 Å². The molecule has 19 heavy (non-hydrogen) atoms. The standard InChI is InChI=1S/C14H18N2O3/c1-3-9(4-2)12(17)8-16-13(18)10-5-6-15-7-11(10)14(16)19/h5-7,9,12,17H,3-4,8H2,1-2H3. The number of hydrogen-bond donors (Lipinski definition) is 1. The second kappa shape index (κ2) is 5.48. The normalized spacial score (nSPS) is 16.1. The summed E-state index contributed by atoms with van der Waals surface area (Å²) in [7, 11) is 0. The van der Waals surface area contributed by atoms with E-state index >= 15 is 0 Å². The van der Waals surface area contributed by atoms with Gasteiger partial charge in [0, 0.05) is 12.4 Å². The van der Waals surface area contributed by atoms with Crippen molar-refractivity contribution in [1.29, 1.82) is 0 Å². The molecule has 0 aliphatic carbocycles. The highest BCUT2D eigenvalue weighted by Gasteiger charge is 2.37. The Kier molecular flexibility index (Phi) is 3.95. The largest absolute Gasteiger partial charge is 0.391 e. The van der Waals surface area contributed by atoms with E-state index < -0.39 is 6.10 Å². The highest BCUT2D eigenvalue weighted by atomic mass is 16.3. The molecule has 1 N–H and O–H groups in total. The molecule has 1 atom stereocenters. The molecule has 1 aliphatic rings. The number of aliphatic hydroxyl groups excluding tert-OH is 1. The van der Waals surface area contributed by atoms with E-state index in [-0.39, 0.29) is 24.3 Å². The van der Waals surface area contributed by atoms with Gasteiger partial charge in [-0.05, 0) is 12.0 Å². The third-order valence-electron chi connectivity index (χ3n) is 3.73. The summed E-state index contributed by atoms with van der Waals surface area (Å²) in [6, 6.07) is 1.54. The van der Waals surface area contributed by atoms with Crippen molar-refractivity contribution in [3.63, 3.8) is 0 Å². The lowest BCUT2D eigenvalue weighted by atomic mass is 9.96. The van der Waals surface area contributed by atoms with E-state index in [2.05, 4.69) is 4.98 Å². The Morgan fingerprint density at radius 1 is 1.21 bits per heavy atom. The van der Waals surface area contributed by atoms with Gasteiger partial charge in [0.1, 0.15) is 0 Å². The molecule has 102 valence electrons. The Bertz CT molecular complexity index is 462. The van der Waals surface area contributed by atoms with E-state index in [4.69, 9.17) is 0 Å². The van der Waals surface area contributed by atoms with Crippen LogP contribution in [0, 0.1) is 5.92 Å². The number of amides is 2. The van der Waals surface area contributed by atoms with Crippen LogP contribution < -0.4 is 0 Å². The number of imide groups is 1. The average Bonchev–Trinajstić information content (AvgIpc) is 2.66. The summed E-state index contributed by atoms with van der Waals surface area (Å²) < 4.78 is 0. The smallest absolute Gasteiger partial charge is 0.263 e. The van der Waals surface area contributed by atoms with Gasteiger partial charge >= 0.3 is 0 Å². The molecule has 0 saturated heterocycles. The lowest BCUT2D eigenvalue weighted by Crippen LogP contribution is -2.39. The summed E-state index contributed by atoms with van der Waals surface area (Å²) in [5.74, 6) is -0.604. The summed E-state index contributed by atoms with van der Waals surface area (Å²) in [4.78, 5) is 29.2. The molecule has 2 rings (SSSR count). The average molecular weight is 262 g/mol. The number of hydrogen-bond acceptors (Lipinski definition) is 4. The van der Waals surface area contributed by atoms with E-state index in [0.29, 0.717) is 11.1 Å². The molecule has 2 amide bonds. The lowest BCUT2D eigenvalue weighted by Gasteiger charge is -2.24. The predicted molar refractivity (Wildman–Crippen MR) is 69.7 cm³/mol. The molecule has 1 aromatic heterocycles. The summed E-state index contributed by atoms with van der Waals surface area (Å²) in [5, 5.41) is 10.1. The molecule has 1 aromatic rings. The molecule has 1 aliphatic heterocycles. The van der Waals surface area contributed by atoms with Gasteiger partial charge in [0.25, 0.3) is 11.8 Å². The van der Waals surface area contributed by atoms with Gasteiger partial charge in [0.15, 0.2) is 0 Å². The highest BCUT2D eigenvalue weighted by Crippen LogP contribution is 2.23. The zero-order valence-corrected chi connectivity index (χ0v) is 11.2. The Morgan fingerprint density at radius 2 is 1.84 bits per heavy atom. The molecule has 0 saturated carbocycles. The molecule has 0 spiro atoms. The highest BCUT2D eigenvalue weighted by molar-refractivity contribution is 6.21. The summed E-state index contributed by atoms with van der Waals surface area (Å²) in [6.45, 7) is 4.03. The first kappa shape index (κ1) is 13.7. The van der Waals surface area contributed by atoms with Crippen molar-refractivity contribution in [1.82, 2.24) is 9.88 Å². The first-order valence-corrected chi connectivity index (χ1v) is 6.58. The number of carbonyl (C=O) groups excluding carboxylic acids is 2. The first-order chi connectivity index (χ1) is 9.10. The van der Waals surface area contributed by atoms with Crippen LogP contribution in [0.25, 0.3) is 0 Å². The van der Waals surface area contributed by atoms with E-state index in [1.807, 2.05) is 13.8 Å².